The van der Waals surface area contributed by atoms with Crippen LogP contribution in [-0.2, 0) is 9.59 Å². The fourth-order valence-corrected chi connectivity index (χ4v) is 1.92. The molecule has 0 aliphatic carbocycles. The van der Waals surface area contributed by atoms with E-state index in [0.29, 0.717) is 16.8 Å². The molecule has 4 nitrogen and oxygen atoms in total. The summed E-state index contributed by atoms with van der Waals surface area (Å²) in [5.41, 5.74) is -1.22. The summed E-state index contributed by atoms with van der Waals surface area (Å²) in [5.74, 6) is -2.98. The molecule has 2 rings (SSSR count). The maximum Gasteiger partial charge on any atom is 0.239 e. The topological polar surface area (TPSA) is 58.2 Å². The number of anilines is 2. The molecular weight excluding hydrogens is 338 g/mol. The highest BCUT2D eigenvalue weighted by Crippen LogP contribution is 2.23. The van der Waals surface area contributed by atoms with Crippen LogP contribution in [0, 0.1) is 17.0 Å². The minimum Gasteiger partial charge on any atom is -0.325 e. The highest BCUT2D eigenvalue weighted by Gasteiger charge is 2.36. The number of carbonyl (C=O) groups is 2. The van der Waals surface area contributed by atoms with Crippen molar-refractivity contribution in [2.45, 2.75) is 13.8 Å². The molecule has 2 amide bonds. The number of amides is 2. The van der Waals surface area contributed by atoms with Crippen molar-refractivity contribution in [1.29, 1.82) is 0 Å². The highest BCUT2D eigenvalue weighted by molar-refractivity contribution is 6.30. The van der Waals surface area contributed by atoms with Gasteiger partial charge in [-0.25, -0.2) is 8.78 Å². The van der Waals surface area contributed by atoms with Crippen LogP contribution in [0.15, 0.2) is 42.5 Å². The van der Waals surface area contributed by atoms with E-state index in [1.54, 1.807) is 24.3 Å². The van der Waals surface area contributed by atoms with E-state index < -0.39 is 28.9 Å². The molecule has 0 unspecified atom stereocenters. The molecule has 0 fully saturated rings. The summed E-state index contributed by atoms with van der Waals surface area (Å²) in [4.78, 5) is 24.6. The molecule has 0 aliphatic rings. The molecule has 126 valence electrons. The van der Waals surface area contributed by atoms with Gasteiger partial charge in [0.25, 0.3) is 0 Å². The summed E-state index contributed by atoms with van der Waals surface area (Å²) in [5, 5.41) is 5.39. The van der Waals surface area contributed by atoms with Gasteiger partial charge in [0.1, 0.15) is 17.0 Å². The van der Waals surface area contributed by atoms with Gasteiger partial charge in [0, 0.05) is 16.8 Å². The van der Waals surface area contributed by atoms with Crippen LogP contribution in [0.4, 0.5) is 20.2 Å². The minimum absolute atomic E-state index is 0.200. The van der Waals surface area contributed by atoms with Crippen LogP contribution in [0.2, 0.25) is 5.02 Å². The van der Waals surface area contributed by atoms with Crippen molar-refractivity contribution >= 4 is 34.8 Å². The molecule has 0 aromatic heterocycles. The van der Waals surface area contributed by atoms with E-state index in [1.165, 1.54) is 13.8 Å². The van der Waals surface area contributed by atoms with Crippen molar-refractivity contribution in [1.82, 2.24) is 0 Å². The number of rotatable bonds is 4. The molecule has 2 N–H and O–H groups in total. The van der Waals surface area contributed by atoms with Crippen molar-refractivity contribution in [3.63, 3.8) is 0 Å². The van der Waals surface area contributed by atoms with E-state index in [2.05, 4.69) is 10.6 Å². The van der Waals surface area contributed by atoms with Crippen LogP contribution in [0.25, 0.3) is 0 Å². The standard InChI is InChI=1S/C17H15ClF2N2O2/c1-17(2,15(23)21-12-6-3-10(18)4-7-12)16(24)22-14-8-5-11(19)9-13(14)20/h3-9H,1-2H3,(H,21,23)(H,22,24). The van der Waals surface area contributed by atoms with Crippen molar-refractivity contribution in [3.8, 4) is 0 Å². The number of hydrogen-bond donors (Lipinski definition) is 2. The molecule has 0 radical (unpaired) electrons. The first-order valence-electron chi connectivity index (χ1n) is 7.03. The van der Waals surface area contributed by atoms with Crippen molar-refractivity contribution < 1.29 is 18.4 Å². The lowest BCUT2D eigenvalue weighted by Gasteiger charge is -2.23. The summed E-state index contributed by atoms with van der Waals surface area (Å²) in [6.07, 6.45) is 0. The lowest BCUT2D eigenvalue weighted by atomic mass is 9.90. The largest absolute Gasteiger partial charge is 0.325 e. The van der Waals surface area contributed by atoms with E-state index >= 15 is 0 Å². The second-order valence-corrected chi connectivity index (χ2v) is 6.10. The highest BCUT2D eigenvalue weighted by atomic mass is 35.5. The number of carbonyl (C=O) groups excluding carboxylic acids is 2. The van der Waals surface area contributed by atoms with Gasteiger partial charge in [0.2, 0.25) is 11.8 Å². The van der Waals surface area contributed by atoms with Crippen LogP contribution in [-0.4, -0.2) is 11.8 Å². The SMILES string of the molecule is CC(C)(C(=O)Nc1ccc(Cl)cc1)C(=O)Nc1ccc(F)cc1F. The van der Waals surface area contributed by atoms with Crippen molar-refractivity contribution in [2.24, 2.45) is 5.41 Å². The van der Waals surface area contributed by atoms with E-state index in [-0.39, 0.29) is 5.69 Å². The fraction of sp³-hybridized carbons (Fsp3) is 0.176. The Kier molecular flexibility index (Phi) is 5.19. The van der Waals surface area contributed by atoms with Gasteiger partial charge in [0.05, 0.1) is 5.69 Å². The van der Waals surface area contributed by atoms with Crippen LogP contribution < -0.4 is 10.6 Å². The van der Waals surface area contributed by atoms with Gasteiger partial charge in [-0.3, -0.25) is 9.59 Å². The number of halogens is 3. The second-order valence-electron chi connectivity index (χ2n) is 5.66. The lowest BCUT2D eigenvalue weighted by molar-refractivity contribution is -0.135. The Labute approximate surface area is 142 Å². The van der Waals surface area contributed by atoms with Gasteiger partial charge in [-0.15, -0.1) is 0 Å². The molecule has 0 heterocycles. The zero-order valence-electron chi connectivity index (χ0n) is 13.0. The van der Waals surface area contributed by atoms with E-state index in [1.807, 2.05) is 0 Å². The molecule has 0 spiro atoms. The average molecular weight is 353 g/mol. The lowest BCUT2D eigenvalue weighted by Crippen LogP contribution is -2.41. The van der Waals surface area contributed by atoms with Crippen molar-refractivity contribution in [2.75, 3.05) is 10.6 Å². The Hall–Kier alpha value is -2.47. The van der Waals surface area contributed by atoms with Crippen LogP contribution in [0.5, 0.6) is 0 Å². The predicted molar refractivity (Wildman–Crippen MR) is 88.9 cm³/mol. The molecule has 0 atom stereocenters. The summed E-state index contributed by atoms with van der Waals surface area (Å²) in [7, 11) is 0. The Balaban J connectivity index is 2.11. The maximum absolute atomic E-state index is 13.6. The van der Waals surface area contributed by atoms with E-state index in [0.717, 1.165) is 12.1 Å². The molecule has 24 heavy (non-hydrogen) atoms. The first kappa shape index (κ1) is 17.9. The predicted octanol–water partition coefficient (Wildman–Crippen LogP) is 4.22. The Bertz CT molecular complexity index is 777. The van der Waals surface area contributed by atoms with Gasteiger partial charge in [0.15, 0.2) is 0 Å². The number of nitrogens with one attached hydrogen (secondary N) is 2. The zero-order chi connectivity index (χ0) is 17.9. The molecule has 7 heteroatoms. The zero-order valence-corrected chi connectivity index (χ0v) is 13.7. The molecule has 0 saturated heterocycles. The molecular formula is C17H15ClF2N2O2. The third-order valence-corrected chi connectivity index (χ3v) is 3.67. The minimum atomic E-state index is -1.49. The summed E-state index contributed by atoms with van der Waals surface area (Å²) in [6, 6.07) is 9.13. The van der Waals surface area contributed by atoms with Crippen molar-refractivity contribution in [3.05, 3.63) is 59.1 Å². The summed E-state index contributed by atoms with van der Waals surface area (Å²) in [6.45, 7) is 2.80. The Morgan fingerprint density at radius 3 is 2.12 bits per heavy atom. The van der Waals surface area contributed by atoms with Gasteiger partial charge < -0.3 is 10.6 Å². The first-order chi connectivity index (χ1) is 11.2. The Morgan fingerprint density at radius 1 is 0.958 bits per heavy atom. The van der Waals surface area contributed by atoms with Gasteiger partial charge >= 0.3 is 0 Å². The van der Waals surface area contributed by atoms with E-state index in [9.17, 15) is 18.4 Å². The normalized spacial score (nSPS) is 11.0. The molecule has 2 aromatic carbocycles. The smallest absolute Gasteiger partial charge is 0.239 e. The average Bonchev–Trinajstić information content (AvgIpc) is 2.52. The summed E-state index contributed by atoms with van der Waals surface area (Å²) >= 11 is 5.77. The van der Waals surface area contributed by atoms with Gasteiger partial charge in [-0.1, -0.05) is 11.6 Å². The number of benzene rings is 2. The third kappa shape index (κ3) is 4.08. The first-order valence-corrected chi connectivity index (χ1v) is 7.41. The maximum atomic E-state index is 13.6. The Morgan fingerprint density at radius 2 is 1.54 bits per heavy atom. The number of hydrogen-bond acceptors (Lipinski definition) is 2. The molecule has 2 aromatic rings. The summed E-state index contributed by atoms with van der Waals surface area (Å²) < 4.78 is 26.5. The third-order valence-electron chi connectivity index (χ3n) is 3.42. The van der Waals surface area contributed by atoms with Gasteiger partial charge in [-0.2, -0.15) is 0 Å². The van der Waals surface area contributed by atoms with E-state index in [4.69, 9.17) is 11.6 Å². The molecule has 0 bridgehead atoms. The van der Waals surface area contributed by atoms with Crippen LogP contribution in [0.1, 0.15) is 13.8 Å². The monoisotopic (exact) mass is 352 g/mol. The molecule has 0 saturated carbocycles. The fourth-order valence-electron chi connectivity index (χ4n) is 1.79. The van der Waals surface area contributed by atoms with Gasteiger partial charge in [-0.05, 0) is 50.2 Å². The quantitative estimate of drug-likeness (QED) is 0.809. The van der Waals surface area contributed by atoms with Crippen LogP contribution in [0.3, 0.4) is 0 Å². The van der Waals surface area contributed by atoms with Crippen LogP contribution >= 0.6 is 11.6 Å². The second kappa shape index (κ2) is 6.97. The molecule has 0 aliphatic heterocycles.